The second-order valence-corrected chi connectivity index (χ2v) is 7.37. The van der Waals surface area contributed by atoms with Crippen molar-refractivity contribution < 1.29 is 17.9 Å². The lowest BCUT2D eigenvalue weighted by Crippen LogP contribution is -2.40. The van der Waals surface area contributed by atoms with E-state index in [0.717, 1.165) is 11.3 Å². The maximum Gasteiger partial charge on any atom is 0.264 e. The van der Waals surface area contributed by atoms with Crippen molar-refractivity contribution in [3.63, 3.8) is 0 Å². The summed E-state index contributed by atoms with van der Waals surface area (Å²) in [6.07, 6.45) is 0.438. The van der Waals surface area contributed by atoms with Gasteiger partial charge in [-0.25, -0.2) is 13.1 Å². The lowest BCUT2D eigenvalue weighted by atomic mass is 9.96. The van der Waals surface area contributed by atoms with Crippen molar-refractivity contribution in [3.05, 3.63) is 59.1 Å². The predicted molar refractivity (Wildman–Crippen MR) is 85.9 cm³/mol. The predicted octanol–water partition coefficient (Wildman–Crippen LogP) is 2.40. The van der Waals surface area contributed by atoms with Crippen molar-refractivity contribution in [2.24, 2.45) is 5.92 Å². The number of nitrogens with one attached hydrogen (secondary N) is 1. The molecule has 1 N–H and O–H groups in total. The van der Waals surface area contributed by atoms with Crippen LogP contribution < -0.4 is 9.46 Å². The van der Waals surface area contributed by atoms with Gasteiger partial charge in [-0.3, -0.25) is 4.79 Å². The van der Waals surface area contributed by atoms with Crippen LogP contribution in [-0.4, -0.2) is 20.9 Å². The van der Waals surface area contributed by atoms with Crippen molar-refractivity contribution in [3.8, 4) is 5.75 Å². The molecule has 2 aromatic carbocycles. The van der Waals surface area contributed by atoms with Gasteiger partial charge in [0, 0.05) is 5.02 Å². The van der Waals surface area contributed by atoms with E-state index in [1.165, 1.54) is 18.2 Å². The first-order chi connectivity index (χ1) is 11.0. The van der Waals surface area contributed by atoms with E-state index in [4.69, 9.17) is 16.3 Å². The number of sulfonamides is 1. The highest BCUT2D eigenvalue weighted by molar-refractivity contribution is 7.90. The summed E-state index contributed by atoms with van der Waals surface area (Å²) in [5.41, 5.74) is 0.888. The summed E-state index contributed by atoms with van der Waals surface area (Å²) < 4.78 is 32.1. The van der Waals surface area contributed by atoms with Crippen LogP contribution in [0, 0.1) is 5.92 Å². The number of ether oxygens (including phenoxy) is 1. The van der Waals surface area contributed by atoms with Crippen LogP contribution in [0.2, 0.25) is 5.02 Å². The molecule has 0 radical (unpaired) electrons. The molecule has 120 valence electrons. The molecule has 1 atom stereocenters. The first-order valence-electron chi connectivity index (χ1n) is 6.98. The first kappa shape index (κ1) is 15.8. The highest BCUT2D eigenvalue weighted by atomic mass is 35.5. The summed E-state index contributed by atoms with van der Waals surface area (Å²) in [6, 6.07) is 13.1. The number of halogens is 1. The lowest BCUT2D eigenvalue weighted by Gasteiger charge is -2.24. The molecule has 0 spiro atoms. The molecule has 3 rings (SSSR count). The number of para-hydroxylation sites is 1. The van der Waals surface area contributed by atoms with Crippen LogP contribution in [0.3, 0.4) is 0 Å². The number of carbonyl (C=O) groups excluding carboxylic acids is 1. The van der Waals surface area contributed by atoms with Crippen LogP contribution in [-0.2, 0) is 21.2 Å². The summed E-state index contributed by atoms with van der Waals surface area (Å²) >= 11 is 5.80. The summed E-state index contributed by atoms with van der Waals surface area (Å²) in [4.78, 5) is 12.2. The van der Waals surface area contributed by atoms with Crippen LogP contribution in [0.15, 0.2) is 53.4 Å². The summed E-state index contributed by atoms with van der Waals surface area (Å²) in [5.74, 6) is -0.410. The van der Waals surface area contributed by atoms with Crippen LogP contribution in [0.4, 0.5) is 0 Å². The van der Waals surface area contributed by atoms with Gasteiger partial charge in [-0.05, 0) is 36.2 Å². The van der Waals surface area contributed by atoms with Gasteiger partial charge in [0.25, 0.3) is 10.0 Å². The molecule has 0 saturated heterocycles. The average molecular weight is 352 g/mol. The molecular weight excluding hydrogens is 338 g/mol. The minimum absolute atomic E-state index is 0.0459. The van der Waals surface area contributed by atoms with Gasteiger partial charge in [0.2, 0.25) is 5.91 Å². The number of carbonyl (C=O) groups is 1. The van der Waals surface area contributed by atoms with Gasteiger partial charge < -0.3 is 4.74 Å². The van der Waals surface area contributed by atoms with Crippen LogP contribution >= 0.6 is 11.6 Å². The highest BCUT2D eigenvalue weighted by Crippen LogP contribution is 2.27. The Balaban J connectivity index is 1.75. The fourth-order valence-corrected chi connectivity index (χ4v) is 3.75. The monoisotopic (exact) mass is 351 g/mol. The number of rotatable bonds is 3. The Hall–Kier alpha value is -2.05. The summed E-state index contributed by atoms with van der Waals surface area (Å²) in [5, 5.41) is 0.287. The minimum atomic E-state index is -3.95. The number of amides is 1. The Morgan fingerprint density at radius 3 is 2.74 bits per heavy atom. The molecule has 0 saturated carbocycles. The Morgan fingerprint density at radius 1 is 1.17 bits per heavy atom. The van der Waals surface area contributed by atoms with Gasteiger partial charge in [-0.2, -0.15) is 0 Å². The quantitative estimate of drug-likeness (QED) is 0.921. The third kappa shape index (κ3) is 3.48. The number of fused-ring (bicyclic) bond motifs is 1. The maximum atomic E-state index is 12.3. The Labute approximate surface area is 139 Å². The zero-order valence-electron chi connectivity index (χ0n) is 12.0. The third-order valence-electron chi connectivity index (χ3n) is 3.59. The molecule has 1 heterocycles. The van der Waals surface area contributed by atoms with E-state index in [9.17, 15) is 13.2 Å². The average Bonchev–Trinajstić information content (AvgIpc) is 2.54. The largest absolute Gasteiger partial charge is 0.492 e. The van der Waals surface area contributed by atoms with Crippen molar-refractivity contribution in [2.75, 3.05) is 6.61 Å². The van der Waals surface area contributed by atoms with Gasteiger partial charge in [-0.15, -0.1) is 0 Å². The van der Waals surface area contributed by atoms with Gasteiger partial charge in [0.15, 0.2) is 0 Å². The SMILES string of the molecule is O=C(NS(=O)(=O)c1cccc(Cl)c1)C1COc2ccccc2C1. The lowest BCUT2D eigenvalue weighted by molar-refractivity contribution is -0.124. The topological polar surface area (TPSA) is 72.5 Å². The van der Waals surface area contributed by atoms with Gasteiger partial charge in [-0.1, -0.05) is 35.9 Å². The second kappa shape index (κ2) is 6.22. The van der Waals surface area contributed by atoms with E-state index in [1.807, 2.05) is 24.3 Å². The molecule has 7 heteroatoms. The number of hydrogen-bond donors (Lipinski definition) is 1. The standard InChI is InChI=1S/C16H14ClNO4S/c17-13-5-3-6-14(9-13)23(20,21)18-16(19)12-8-11-4-1-2-7-15(11)22-10-12/h1-7,9,12H,8,10H2,(H,18,19). The first-order valence-corrected chi connectivity index (χ1v) is 8.85. The van der Waals surface area contributed by atoms with E-state index in [0.29, 0.717) is 6.42 Å². The molecule has 1 aliphatic heterocycles. The van der Waals surface area contributed by atoms with Gasteiger partial charge >= 0.3 is 0 Å². The van der Waals surface area contributed by atoms with E-state index in [2.05, 4.69) is 4.72 Å². The van der Waals surface area contributed by atoms with Gasteiger partial charge in [0.05, 0.1) is 10.8 Å². The molecule has 0 bridgehead atoms. The third-order valence-corrected chi connectivity index (χ3v) is 5.17. The zero-order chi connectivity index (χ0) is 16.4. The molecule has 1 aliphatic rings. The highest BCUT2D eigenvalue weighted by Gasteiger charge is 2.29. The fourth-order valence-electron chi connectivity index (χ4n) is 2.41. The second-order valence-electron chi connectivity index (χ2n) is 5.25. The van der Waals surface area contributed by atoms with E-state index in [1.54, 1.807) is 6.07 Å². The Bertz CT molecular complexity index is 851. The minimum Gasteiger partial charge on any atom is -0.492 e. The molecule has 0 aromatic heterocycles. The van der Waals surface area contributed by atoms with Crippen molar-refractivity contribution in [1.82, 2.24) is 4.72 Å². The van der Waals surface area contributed by atoms with E-state index >= 15 is 0 Å². The molecule has 0 fully saturated rings. The molecular formula is C16H14ClNO4S. The molecule has 0 aliphatic carbocycles. The molecule has 23 heavy (non-hydrogen) atoms. The molecule has 1 amide bonds. The van der Waals surface area contributed by atoms with Crippen LogP contribution in [0.1, 0.15) is 5.56 Å². The molecule has 2 aromatic rings. The number of hydrogen-bond acceptors (Lipinski definition) is 4. The van der Waals surface area contributed by atoms with Crippen LogP contribution in [0.25, 0.3) is 0 Å². The number of benzene rings is 2. The zero-order valence-corrected chi connectivity index (χ0v) is 13.6. The Kier molecular flexibility index (Phi) is 4.28. The fraction of sp³-hybridized carbons (Fsp3) is 0.188. The Morgan fingerprint density at radius 2 is 1.96 bits per heavy atom. The maximum absolute atomic E-state index is 12.3. The smallest absolute Gasteiger partial charge is 0.264 e. The molecule has 1 unspecified atom stereocenters. The normalized spacial score (nSPS) is 17.0. The van der Waals surface area contributed by atoms with Crippen molar-refractivity contribution in [2.45, 2.75) is 11.3 Å². The summed E-state index contributed by atoms with van der Waals surface area (Å²) in [7, 11) is -3.95. The van der Waals surface area contributed by atoms with E-state index < -0.39 is 21.8 Å². The van der Waals surface area contributed by atoms with Gasteiger partial charge in [0.1, 0.15) is 12.4 Å². The van der Waals surface area contributed by atoms with E-state index in [-0.39, 0.29) is 16.5 Å². The van der Waals surface area contributed by atoms with Crippen molar-refractivity contribution in [1.29, 1.82) is 0 Å². The molecule has 5 nitrogen and oxygen atoms in total. The van der Waals surface area contributed by atoms with Crippen LogP contribution in [0.5, 0.6) is 5.75 Å². The summed E-state index contributed by atoms with van der Waals surface area (Å²) in [6.45, 7) is 0.147. The van der Waals surface area contributed by atoms with Crippen molar-refractivity contribution >= 4 is 27.5 Å².